The predicted molar refractivity (Wildman–Crippen MR) is 162 cm³/mol. The molecule has 1 N–H and O–H groups in total. The number of aliphatic hydroxyl groups excluding tert-OH is 1. The number of aliphatic hydroxyl groups is 1. The van der Waals surface area contributed by atoms with Crippen molar-refractivity contribution in [2.45, 2.75) is 132 Å². The molecule has 5 heteroatoms. The molecule has 4 rings (SSSR count). The van der Waals surface area contributed by atoms with Crippen LogP contribution >= 0.6 is 11.6 Å². The maximum absolute atomic E-state index is 11.6. The van der Waals surface area contributed by atoms with Gasteiger partial charge in [-0.25, -0.2) is 0 Å². The van der Waals surface area contributed by atoms with Crippen LogP contribution in [0.25, 0.3) is 0 Å². The van der Waals surface area contributed by atoms with Crippen LogP contribution in [0, 0.1) is 58.2 Å². The largest absolute Gasteiger partial charge is 0.465 e. The predicted octanol–water partition coefficient (Wildman–Crippen LogP) is 9.06. The molecule has 0 radical (unpaired) electrons. The Labute approximate surface area is 245 Å². The van der Waals surface area contributed by atoms with Gasteiger partial charge in [0.2, 0.25) is 5.24 Å². The molecule has 6 atom stereocenters. The summed E-state index contributed by atoms with van der Waals surface area (Å²) in [5.74, 6) is 5.06. The number of carbonyl (C=O) groups excluding carboxylic acids is 2. The van der Waals surface area contributed by atoms with E-state index in [9.17, 15) is 14.7 Å². The standard InChI is InChI=1S/C17H30O2.C13H24O.C4H7ClO/c1-12(2)16(18)19-11-17(4)10-15(17)13(3)14-8-6-5-7-9-14;1-10(11-6-4-3-5-7-11)12-8-13(12,2)9-14;1-3(2)4(5)6/h12-15H,5-11H2,1-4H3;10-12,14H,3-9H2,1-2H3;3H,1-2H3/t13-,15+,17+;10-,12+,13+;/m11./s1. The van der Waals surface area contributed by atoms with Crippen LogP contribution in [0.3, 0.4) is 0 Å². The summed E-state index contributed by atoms with van der Waals surface area (Å²) in [5, 5.41) is 9.01. The molecule has 0 spiro atoms. The molecule has 0 bridgehead atoms. The Hall–Kier alpha value is -0.610. The van der Waals surface area contributed by atoms with E-state index in [1.807, 2.05) is 13.8 Å². The molecule has 0 aromatic heterocycles. The second-order valence-corrected chi connectivity index (χ2v) is 15.2. The maximum atomic E-state index is 11.6. The maximum Gasteiger partial charge on any atom is 0.308 e. The van der Waals surface area contributed by atoms with Gasteiger partial charge in [-0.05, 0) is 65.4 Å². The zero-order chi connectivity index (χ0) is 29.4. The fraction of sp³-hybridized carbons (Fsp3) is 0.941. The first-order chi connectivity index (χ1) is 18.3. The van der Waals surface area contributed by atoms with Crippen LogP contribution in [-0.2, 0) is 14.3 Å². The van der Waals surface area contributed by atoms with E-state index in [0.717, 1.165) is 35.5 Å². The molecule has 39 heavy (non-hydrogen) atoms. The molecule has 0 amide bonds. The van der Waals surface area contributed by atoms with E-state index in [1.165, 1.54) is 77.0 Å². The summed E-state index contributed by atoms with van der Waals surface area (Å²) in [6.07, 6.45) is 16.8. The summed E-state index contributed by atoms with van der Waals surface area (Å²) in [7, 11) is 0. The lowest BCUT2D eigenvalue weighted by Gasteiger charge is -2.29. The second kappa shape index (κ2) is 15.6. The van der Waals surface area contributed by atoms with Gasteiger partial charge in [0.05, 0.1) is 12.5 Å². The van der Waals surface area contributed by atoms with Gasteiger partial charge < -0.3 is 9.84 Å². The third-order valence-corrected chi connectivity index (χ3v) is 11.2. The van der Waals surface area contributed by atoms with E-state index in [0.29, 0.717) is 13.2 Å². The van der Waals surface area contributed by atoms with Crippen molar-refractivity contribution in [3.8, 4) is 0 Å². The number of hydrogen-bond donors (Lipinski definition) is 1. The van der Waals surface area contributed by atoms with E-state index in [2.05, 4.69) is 27.7 Å². The van der Waals surface area contributed by atoms with Crippen molar-refractivity contribution in [3.63, 3.8) is 0 Å². The van der Waals surface area contributed by atoms with Crippen molar-refractivity contribution in [2.75, 3.05) is 13.2 Å². The zero-order valence-corrected chi connectivity index (χ0v) is 27.3. The summed E-state index contributed by atoms with van der Waals surface area (Å²) in [6, 6.07) is 0. The molecule has 4 saturated carbocycles. The van der Waals surface area contributed by atoms with Crippen LogP contribution in [0.5, 0.6) is 0 Å². The van der Waals surface area contributed by atoms with Crippen molar-refractivity contribution in [1.29, 1.82) is 0 Å². The van der Waals surface area contributed by atoms with Crippen molar-refractivity contribution < 1.29 is 19.4 Å². The zero-order valence-electron chi connectivity index (χ0n) is 26.6. The van der Waals surface area contributed by atoms with Crippen LogP contribution in [0.4, 0.5) is 0 Å². The average molecular weight is 569 g/mol. The number of esters is 1. The van der Waals surface area contributed by atoms with Crippen LogP contribution in [0.2, 0.25) is 0 Å². The first-order valence-corrected chi connectivity index (χ1v) is 16.6. The van der Waals surface area contributed by atoms with Gasteiger partial charge in [0, 0.05) is 17.9 Å². The molecule has 4 fully saturated rings. The Morgan fingerprint density at radius 2 is 1.13 bits per heavy atom. The molecule has 0 unspecified atom stereocenters. The second-order valence-electron chi connectivity index (χ2n) is 14.8. The van der Waals surface area contributed by atoms with Gasteiger partial charge in [-0.2, -0.15) is 0 Å². The number of hydrogen-bond acceptors (Lipinski definition) is 4. The lowest BCUT2D eigenvalue weighted by molar-refractivity contribution is -0.149. The fourth-order valence-corrected chi connectivity index (χ4v) is 7.26. The van der Waals surface area contributed by atoms with Crippen molar-refractivity contribution in [3.05, 3.63) is 0 Å². The summed E-state index contributed by atoms with van der Waals surface area (Å²) < 4.78 is 5.46. The Morgan fingerprint density at radius 1 is 0.744 bits per heavy atom. The van der Waals surface area contributed by atoms with Gasteiger partial charge in [-0.15, -0.1) is 0 Å². The molecule has 0 heterocycles. The number of ether oxygens (including phenoxy) is 1. The Bertz CT molecular complexity index is 750. The molecule has 4 aliphatic rings. The third kappa shape index (κ3) is 10.6. The number of halogens is 1. The van der Waals surface area contributed by atoms with Gasteiger partial charge in [0.15, 0.2) is 0 Å². The number of rotatable bonds is 9. The molecule has 0 saturated heterocycles. The van der Waals surface area contributed by atoms with Gasteiger partial charge in [0.1, 0.15) is 0 Å². The molecular formula is C34H61ClO4. The van der Waals surface area contributed by atoms with Gasteiger partial charge in [-0.3, -0.25) is 9.59 Å². The Morgan fingerprint density at radius 3 is 1.46 bits per heavy atom. The monoisotopic (exact) mass is 568 g/mol. The molecule has 0 aromatic carbocycles. The molecular weight excluding hydrogens is 508 g/mol. The SMILES string of the molecule is CC(C)C(=O)Cl.CC(C)C(=O)OC[C@]1(C)C[C@H]1[C@H](C)C1CCCCC1.C[C@H](C1CCCCC1)[C@@H]1C[C@@]1(C)CO. The smallest absolute Gasteiger partial charge is 0.308 e. The highest BCUT2D eigenvalue weighted by Gasteiger charge is 2.55. The van der Waals surface area contributed by atoms with Crippen molar-refractivity contribution in [1.82, 2.24) is 0 Å². The van der Waals surface area contributed by atoms with Gasteiger partial charge >= 0.3 is 5.97 Å². The lowest BCUT2D eigenvalue weighted by atomic mass is 9.77. The highest BCUT2D eigenvalue weighted by atomic mass is 35.5. The summed E-state index contributed by atoms with van der Waals surface area (Å²) in [5.41, 5.74) is 0.554. The molecule has 228 valence electrons. The summed E-state index contributed by atoms with van der Waals surface area (Å²) >= 11 is 4.97. The van der Waals surface area contributed by atoms with Crippen LogP contribution in [0.15, 0.2) is 0 Å². The van der Waals surface area contributed by atoms with Crippen molar-refractivity contribution >= 4 is 22.8 Å². The van der Waals surface area contributed by atoms with E-state index < -0.39 is 0 Å². The third-order valence-electron chi connectivity index (χ3n) is 10.7. The van der Waals surface area contributed by atoms with E-state index in [1.54, 1.807) is 13.8 Å². The van der Waals surface area contributed by atoms with Gasteiger partial charge in [0.25, 0.3) is 0 Å². The minimum absolute atomic E-state index is 0.00318. The normalized spacial score (nSPS) is 32.3. The summed E-state index contributed by atoms with van der Waals surface area (Å²) in [4.78, 5) is 21.5. The molecule has 0 aliphatic heterocycles. The van der Waals surface area contributed by atoms with Gasteiger partial charge in [-0.1, -0.05) is 120 Å². The van der Waals surface area contributed by atoms with Crippen molar-refractivity contribution in [2.24, 2.45) is 58.2 Å². The quantitative estimate of drug-likeness (QED) is 0.222. The summed E-state index contributed by atoms with van der Waals surface area (Å²) in [6.45, 7) is 17.7. The molecule has 4 nitrogen and oxygen atoms in total. The molecule has 4 aliphatic carbocycles. The first-order valence-electron chi connectivity index (χ1n) is 16.2. The number of carbonyl (C=O) groups is 2. The first kappa shape index (κ1) is 34.6. The van der Waals surface area contributed by atoms with Crippen LogP contribution in [-0.4, -0.2) is 29.5 Å². The Kier molecular flexibility index (Phi) is 13.8. The van der Waals surface area contributed by atoms with E-state index >= 15 is 0 Å². The Balaban J connectivity index is 0.000000234. The highest BCUT2D eigenvalue weighted by molar-refractivity contribution is 6.63. The average Bonchev–Trinajstić information content (AvgIpc) is 3.82. The molecule has 0 aromatic rings. The lowest BCUT2D eigenvalue weighted by Crippen LogP contribution is -2.23. The van der Waals surface area contributed by atoms with E-state index in [4.69, 9.17) is 16.3 Å². The fourth-order valence-electron chi connectivity index (χ4n) is 7.26. The van der Waals surface area contributed by atoms with E-state index in [-0.39, 0.29) is 33.9 Å². The minimum Gasteiger partial charge on any atom is -0.465 e. The minimum atomic E-state index is -0.269. The van der Waals surface area contributed by atoms with Crippen LogP contribution < -0.4 is 0 Å². The van der Waals surface area contributed by atoms with Crippen LogP contribution in [0.1, 0.15) is 132 Å². The highest BCUT2D eigenvalue weighted by Crippen LogP contribution is 2.59. The topological polar surface area (TPSA) is 63.6 Å².